The van der Waals surface area contributed by atoms with Gasteiger partial charge in [0, 0.05) is 10.6 Å². The Bertz CT molecular complexity index is 1410. The van der Waals surface area contributed by atoms with E-state index in [9.17, 15) is 9.59 Å². The predicted molar refractivity (Wildman–Crippen MR) is 137 cm³/mol. The molecule has 1 N–H and O–H groups in total. The average molecular weight is 476 g/mol. The van der Waals surface area contributed by atoms with Crippen molar-refractivity contribution in [3.8, 4) is 5.69 Å². The summed E-state index contributed by atoms with van der Waals surface area (Å²) >= 11 is 2.92. The lowest BCUT2D eigenvalue weighted by Crippen LogP contribution is -2.23. The summed E-state index contributed by atoms with van der Waals surface area (Å²) < 4.78 is 1.67. The summed E-state index contributed by atoms with van der Waals surface area (Å²) in [5, 5.41) is 4.32. The van der Waals surface area contributed by atoms with Gasteiger partial charge in [0.2, 0.25) is 5.91 Å². The zero-order chi connectivity index (χ0) is 23.1. The number of carbonyl (C=O) groups excluding carboxylic acids is 1. The molecule has 7 heteroatoms. The van der Waals surface area contributed by atoms with Gasteiger partial charge in [-0.15, -0.1) is 11.3 Å². The van der Waals surface area contributed by atoms with Crippen LogP contribution in [-0.2, 0) is 17.6 Å². The molecule has 1 amide bonds. The molecule has 4 aromatic rings. The largest absolute Gasteiger partial charge is 0.325 e. The summed E-state index contributed by atoms with van der Waals surface area (Å²) in [6.45, 7) is 5.99. The van der Waals surface area contributed by atoms with Crippen LogP contribution in [0.2, 0.25) is 0 Å². The van der Waals surface area contributed by atoms with Crippen LogP contribution in [0.4, 0.5) is 5.69 Å². The standard InChI is InChI=1S/C26H25N3O2S2/c1-15-10-12-18(13-11-15)29-25(31)22-19-8-5-9-20(19)33-24(22)28-26(29)32-14-21(30)27-23-16(2)6-4-7-17(23)3/h4,6-7,10-13H,5,8-9,14H2,1-3H3,(H,27,30). The van der Waals surface area contributed by atoms with E-state index < -0.39 is 0 Å². The van der Waals surface area contributed by atoms with Crippen LogP contribution in [-0.4, -0.2) is 21.2 Å². The second kappa shape index (κ2) is 8.80. The molecular formula is C26H25N3O2S2. The molecule has 0 aliphatic heterocycles. The number of aryl methyl sites for hydroxylation is 5. The first-order valence-electron chi connectivity index (χ1n) is 11.1. The van der Waals surface area contributed by atoms with Crippen molar-refractivity contribution in [2.24, 2.45) is 0 Å². The molecule has 2 heterocycles. The minimum Gasteiger partial charge on any atom is -0.325 e. The van der Waals surface area contributed by atoms with Gasteiger partial charge in [0.15, 0.2) is 5.16 Å². The van der Waals surface area contributed by atoms with Crippen LogP contribution in [0.3, 0.4) is 0 Å². The highest BCUT2D eigenvalue weighted by molar-refractivity contribution is 7.99. The molecule has 0 atom stereocenters. The molecule has 1 aliphatic carbocycles. The van der Waals surface area contributed by atoms with Crippen molar-refractivity contribution in [3.63, 3.8) is 0 Å². The molecular weight excluding hydrogens is 450 g/mol. The number of rotatable bonds is 5. The Morgan fingerprint density at radius 1 is 1.09 bits per heavy atom. The van der Waals surface area contributed by atoms with Gasteiger partial charge in [0.25, 0.3) is 5.56 Å². The fourth-order valence-electron chi connectivity index (χ4n) is 4.36. The van der Waals surface area contributed by atoms with E-state index in [2.05, 4.69) is 5.32 Å². The number of aromatic nitrogens is 2. The summed E-state index contributed by atoms with van der Waals surface area (Å²) in [4.78, 5) is 33.4. The van der Waals surface area contributed by atoms with Crippen LogP contribution < -0.4 is 10.9 Å². The first kappa shape index (κ1) is 21.9. The highest BCUT2D eigenvalue weighted by Crippen LogP contribution is 2.36. The maximum absolute atomic E-state index is 13.7. The normalized spacial score (nSPS) is 12.8. The number of thioether (sulfide) groups is 1. The molecule has 0 saturated heterocycles. The molecule has 0 bridgehead atoms. The Kier molecular flexibility index (Phi) is 5.85. The van der Waals surface area contributed by atoms with Gasteiger partial charge in [-0.25, -0.2) is 4.98 Å². The first-order chi connectivity index (χ1) is 15.9. The summed E-state index contributed by atoms with van der Waals surface area (Å²) in [5.41, 5.74) is 5.92. The third kappa shape index (κ3) is 4.11. The Morgan fingerprint density at radius 3 is 2.55 bits per heavy atom. The SMILES string of the molecule is Cc1ccc(-n2c(SCC(=O)Nc3c(C)cccc3C)nc3sc4c(c3c2=O)CCC4)cc1. The summed E-state index contributed by atoms with van der Waals surface area (Å²) in [7, 11) is 0. The van der Waals surface area contributed by atoms with E-state index in [4.69, 9.17) is 4.98 Å². The predicted octanol–water partition coefficient (Wildman–Crippen LogP) is 5.59. The van der Waals surface area contributed by atoms with Crippen LogP contribution in [0.15, 0.2) is 52.4 Å². The van der Waals surface area contributed by atoms with Gasteiger partial charge in [0.05, 0.1) is 16.8 Å². The number of nitrogens with one attached hydrogen (secondary N) is 1. The first-order valence-corrected chi connectivity index (χ1v) is 12.9. The molecule has 0 radical (unpaired) electrons. The number of thiophene rings is 1. The molecule has 0 fully saturated rings. The van der Waals surface area contributed by atoms with E-state index in [1.807, 2.05) is 63.2 Å². The molecule has 0 saturated carbocycles. The maximum atomic E-state index is 13.7. The lowest BCUT2D eigenvalue weighted by atomic mass is 10.1. The van der Waals surface area contributed by atoms with Gasteiger partial charge in [-0.2, -0.15) is 0 Å². The van der Waals surface area contributed by atoms with Gasteiger partial charge in [0.1, 0.15) is 4.83 Å². The number of anilines is 1. The Labute approximate surface area is 200 Å². The van der Waals surface area contributed by atoms with Crippen molar-refractivity contribution in [2.75, 3.05) is 11.1 Å². The van der Waals surface area contributed by atoms with Gasteiger partial charge in [-0.1, -0.05) is 47.7 Å². The average Bonchev–Trinajstić information content (AvgIpc) is 3.37. The van der Waals surface area contributed by atoms with E-state index in [1.165, 1.54) is 16.6 Å². The van der Waals surface area contributed by atoms with Crippen LogP contribution in [0.1, 0.15) is 33.6 Å². The van der Waals surface area contributed by atoms with Crippen molar-refractivity contribution in [1.29, 1.82) is 0 Å². The number of hydrogen-bond donors (Lipinski definition) is 1. The lowest BCUT2D eigenvalue weighted by Gasteiger charge is -2.14. The van der Waals surface area contributed by atoms with E-state index in [1.54, 1.807) is 15.9 Å². The second-order valence-corrected chi connectivity index (χ2v) is 10.5. The van der Waals surface area contributed by atoms with Crippen molar-refractivity contribution in [2.45, 2.75) is 45.2 Å². The Hall–Kier alpha value is -2.90. The molecule has 5 nitrogen and oxygen atoms in total. The van der Waals surface area contributed by atoms with Gasteiger partial charge >= 0.3 is 0 Å². The summed E-state index contributed by atoms with van der Waals surface area (Å²) in [6.07, 6.45) is 3.04. The van der Waals surface area contributed by atoms with Crippen LogP contribution in [0.25, 0.3) is 15.9 Å². The molecule has 168 valence electrons. The highest BCUT2D eigenvalue weighted by Gasteiger charge is 2.24. The smallest absolute Gasteiger partial charge is 0.267 e. The topological polar surface area (TPSA) is 64.0 Å². The fraction of sp³-hybridized carbons (Fsp3) is 0.269. The highest BCUT2D eigenvalue weighted by atomic mass is 32.2. The van der Waals surface area contributed by atoms with E-state index >= 15 is 0 Å². The third-order valence-electron chi connectivity index (χ3n) is 6.08. The van der Waals surface area contributed by atoms with Crippen molar-refractivity contribution in [3.05, 3.63) is 79.9 Å². The monoisotopic (exact) mass is 475 g/mol. The third-order valence-corrected chi connectivity index (χ3v) is 8.20. The lowest BCUT2D eigenvalue weighted by molar-refractivity contribution is -0.113. The van der Waals surface area contributed by atoms with Crippen molar-refractivity contribution in [1.82, 2.24) is 9.55 Å². The summed E-state index contributed by atoms with van der Waals surface area (Å²) in [5.74, 6) is 0.0544. The number of fused-ring (bicyclic) bond motifs is 3. The molecule has 33 heavy (non-hydrogen) atoms. The zero-order valence-corrected chi connectivity index (χ0v) is 20.5. The number of benzene rings is 2. The number of nitrogens with zero attached hydrogens (tertiary/aromatic N) is 2. The fourth-order valence-corrected chi connectivity index (χ4v) is 6.48. The van der Waals surface area contributed by atoms with E-state index in [0.29, 0.717) is 5.16 Å². The summed E-state index contributed by atoms with van der Waals surface area (Å²) in [6, 6.07) is 13.8. The zero-order valence-electron chi connectivity index (χ0n) is 18.9. The van der Waals surface area contributed by atoms with Gasteiger partial charge < -0.3 is 5.32 Å². The van der Waals surface area contributed by atoms with Gasteiger partial charge in [-0.3, -0.25) is 14.2 Å². The molecule has 2 aromatic heterocycles. The molecule has 0 unspecified atom stereocenters. The number of para-hydroxylation sites is 1. The van der Waals surface area contributed by atoms with Crippen LogP contribution in [0, 0.1) is 20.8 Å². The quantitative estimate of drug-likeness (QED) is 0.302. The Balaban J connectivity index is 1.51. The molecule has 1 aliphatic rings. The number of carbonyl (C=O) groups is 1. The minimum absolute atomic E-state index is 0.0408. The van der Waals surface area contributed by atoms with E-state index in [0.717, 1.165) is 63.1 Å². The second-order valence-electron chi connectivity index (χ2n) is 8.51. The van der Waals surface area contributed by atoms with Crippen molar-refractivity contribution >= 4 is 44.9 Å². The number of amides is 1. The number of hydrogen-bond acceptors (Lipinski definition) is 5. The Morgan fingerprint density at radius 2 is 1.82 bits per heavy atom. The van der Waals surface area contributed by atoms with E-state index in [-0.39, 0.29) is 17.2 Å². The van der Waals surface area contributed by atoms with Crippen LogP contribution in [0.5, 0.6) is 0 Å². The minimum atomic E-state index is -0.115. The molecule has 2 aromatic carbocycles. The van der Waals surface area contributed by atoms with Crippen LogP contribution >= 0.6 is 23.1 Å². The molecule has 5 rings (SSSR count). The molecule has 0 spiro atoms. The maximum Gasteiger partial charge on any atom is 0.267 e. The van der Waals surface area contributed by atoms with Crippen molar-refractivity contribution < 1.29 is 4.79 Å². The van der Waals surface area contributed by atoms with Gasteiger partial charge in [-0.05, 0) is 68.9 Å².